The van der Waals surface area contributed by atoms with Crippen LogP contribution in [0.5, 0.6) is 0 Å². The molecule has 0 amide bonds. The van der Waals surface area contributed by atoms with Crippen LogP contribution in [0.2, 0.25) is 0 Å². The molecule has 2 nitrogen and oxygen atoms in total. The van der Waals surface area contributed by atoms with Crippen LogP contribution >= 0.6 is 11.3 Å². The highest BCUT2D eigenvalue weighted by atomic mass is 32.1. The summed E-state index contributed by atoms with van der Waals surface area (Å²) in [5.74, 6) is 0. The molecule has 4 heterocycles. The summed E-state index contributed by atoms with van der Waals surface area (Å²) in [4.78, 5) is 2.77. The van der Waals surface area contributed by atoms with Crippen LogP contribution in [0.3, 0.4) is 0 Å². The predicted octanol–water partition coefficient (Wildman–Crippen LogP) is 16.3. The Kier molecular flexibility index (Phi) is 9.13. The van der Waals surface area contributed by atoms with E-state index in [2.05, 4.69) is 210 Å². The number of hydrogen-bond donors (Lipinski definition) is 0. The SMILES string of the molecule is CC(C)(C)c1cc2c3c(c1)-n1c4ccc(C(C)(C)C)cc4c4cc(C(C)(C)C)cc(c41)B3c1sc3ccc(C(C)(C)C)cc3c1N2c1ccc2c(c1)C1(CCCCC1)c1cc(C(C)(C)C)ccc1-2. The molecule has 1 saturated carbocycles. The van der Waals surface area contributed by atoms with Crippen molar-refractivity contribution in [2.45, 2.75) is 168 Å². The molecular weight excluding hydrogens is 840 g/mol. The van der Waals surface area contributed by atoms with Crippen molar-refractivity contribution in [3.63, 3.8) is 0 Å². The molecule has 2 aliphatic heterocycles. The van der Waals surface area contributed by atoms with E-state index >= 15 is 0 Å². The predicted molar refractivity (Wildman–Crippen MR) is 298 cm³/mol. The second-order valence-corrected chi connectivity index (χ2v) is 27.7. The third-order valence-electron chi connectivity index (χ3n) is 16.9. The molecule has 1 fully saturated rings. The summed E-state index contributed by atoms with van der Waals surface area (Å²) in [6.45, 7) is 35.8. The van der Waals surface area contributed by atoms with Crippen molar-refractivity contribution in [3.8, 4) is 16.8 Å². The van der Waals surface area contributed by atoms with Crippen molar-refractivity contribution >= 4 is 82.7 Å². The molecule has 346 valence electrons. The molecule has 12 rings (SSSR count). The summed E-state index contributed by atoms with van der Waals surface area (Å²) < 4.78 is 5.53. The third kappa shape index (κ3) is 6.27. The Balaban J connectivity index is 1.22. The van der Waals surface area contributed by atoms with Crippen molar-refractivity contribution < 1.29 is 0 Å². The van der Waals surface area contributed by atoms with Crippen molar-refractivity contribution in [2.24, 2.45) is 0 Å². The molecule has 68 heavy (non-hydrogen) atoms. The Bertz CT molecular complexity index is 3460. The maximum Gasteiger partial charge on any atom is 0.264 e. The van der Waals surface area contributed by atoms with Crippen molar-refractivity contribution in [1.29, 1.82) is 0 Å². The minimum atomic E-state index is -0.0859. The molecule has 4 aliphatic rings. The van der Waals surface area contributed by atoms with Crippen LogP contribution in [0.25, 0.3) is 48.7 Å². The fraction of sp³-hybridized carbons (Fsp3) is 0.406. The molecular formula is C64H71BN2S. The maximum absolute atomic E-state index is 2.77. The van der Waals surface area contributed by atoms with E-state index in [1.807, 2.05) is 11.3 Å². The molecule has 2 aliphatic carbocycles. The van der Waals surface area contributed by atoms with Crippen LogP contribution in [0, 0.1) is 0 Å². The van der Waals surface area contributed by atoms with Crippen molar-refractivity contribution in [3.05, 3.63) is 136 Å². The summed E-state index contributed by atoms with van der Waals surface area (Å²) in [6, 6.07) is 40.3. The van der Waals surface area contributed by atoms with E-state index in [1.165, 1.54) is 141 Å². The first-order valence-electron chi connectivity index (χ1n) is 25.8. The Hall–Kier alpha value is -5.06. The lowest BCUT2D eigenvalue weighted by atomic mass is 9.36. The summed E-state index contributed by atoms with van der Waals surface area (Å²) in [5, 5.41) is 4.12. The van der Waals surface area contributed by atoms with Crippen molar-refractivity contribution in [1.82, 2.24) is 4.57 Å². The summed E-state index contributed by atoms with van der Waals surface area (Å²) in [6.07, 6.45) is 6.29. The minimum Gasteiger partial charge on any atom is -0.310 e. The van der Waals surface area contributed by atoms with Crippen molar-refractivity contribution in [2.75, 3.05) is 4.90 Å². The first kappa shape index (κ1) is 44.2. The highest BCUT2D eigenvalue weighted by molar-refractivity contribution is 7.33. The molecule has 0 saturated heterocycles. The molecule has 8 aromatic rings. The van der Waals surface area contributed by atoms with Gasteiger partial charge in [-0.05, 0) is 156 Å². The van der Waals surface area contributed by atoms with Gasteiger partial charge in [0, 0.05) is 53.6 Å². The first-order chi connectivity index (χ1) is 31.8. The molecule has 0 bridgehead atoms. The van der Waals surface area contributed by atoms with E-state index in [0.29, 0.717) is 0 Å². The number of rotatable bonds is 1. The van der Waals surface area contributed by atoms with Gasteiger partial charge in [-0.2, -0.15) is 0 Å². The van der Waals surface area contributed by atoms with Crippen LogP contribution in [-0.2, 0) is 32.5 Å². The molecule has 2 aromatic heterocycles. The van der Waals surface area contributed by atoms with E-state index in [4.69, 9.17) is 0 Å². The lowest BCUT2D eigenvalue weighted by Crippen LogP contribution is -2.59. The van der Waals surface area contributed by atoms with Gasteiger partial charge in [0.25, 0.3) is 6.71 Å². The van der Waals surface area contributed by atoms with Crippen LogP contribution in [0.4, 0.5) is 17.1 Å². The fourth-order valence-corrected chi connectivity index (χ4v) is 14.2. The standard InChI is InChI=1S/C64H71BN2S/c1-59(2,3)37-20-25-51-45(29-37)46-31-40(62(10,11)12)33-50-56(46)67(51)53-35-41(63(13,14)15)34-52-55(53)65(50)58-57(47-30-38(60(4,5)6)21-26-54(47)68-58)66(52)42-22-24-44-43-23-19-39(61(7,8)9)32-48(43)64(49(44)36-42)27-17-16-18-28-64/h19-26,29-36H,16-18,27-28H2,1-15H3. The first-order valence-corrected chi connectivity index (χ1v) is 26.7. The lowest BCUT2D eigenvalue weighted by molar-refractivity contribution is 0.352. The Morgan fingerprint density at radius 2 is 1.01 bits per heavy atom. The second-order valence-electron chi connectivity index (χ2n) is 26.6. The maximum atomic E-state index is 2.77. The van der Waals surface area contributed by atoms with Crippen LogP contribution in [0.15, 0.2) is 97.1 Å². The Labute approximate surface area is 411 Å². The summed E-state index contributed by atoms with van der Waals surface area (Å²) in [7, 11) is 0. The molecule has 0 N–H and O–H groups in total. The number of fused-ring (bicyclic) bond motifs is 14. The smallest absolute Gasteiger partial charge is 0.264 e. The van der Waals surface area contributed by atoms with Gasteiger partial charge < -0.3 is 9.47 Å². The molecule has 4 heteroatoms. The summed E-state index contributed by atoms with van der Waals surface area (Å²) in [5.41, 5.74) is 24.0. The largest absolute Gasteiger partial charge is 0.310 e. The zero-order valence-corrected chi connectivity index (χ0v) is 44.5. The number of anilines is 3. The van der Waals surface area contributed by atoms with E-state index in [0.717, 1.165) is 0 Å². The van der Waals surface area contributed by atoms with Gasteiger partial charge in [-0.15, -0.1) is 11.3 Å². The van der Waals surface area contributed by atoms with E-state index in [9.17, 15) is 0 Å². The molecule has 6 aromatic carbocycles. The fourth-order valence-electron chi connectivity index (χ4n) is 12.9. The number of thiophene rings is 1. The third-order valence-corrected chi connectivity index (χ3v) is 18.1. The topological polar surface area (TPSA) is 8.17 Å². The zero-order valence-electron chi connectivity index (χ0n) is 43.7. The molecule has 0 unspecified atom stereocenters. The highest BCUT2D eigenvalue weighted by Crippen LogP contribution is 2.58. The van der Waals surface area contributed by atoms with Crippen LogP contribution in [0.1, 0.15) is 175 Å². The Morgan fingerprint density at radius 3 is 1.66 bits per heavy atom. The quantitative estimate of drug-likeness (QED) is 0.149. The number of nitrogens with zero attached hydrogens (tertiary/aromatic N) is 2. The van der Waals surface area contributed by atoms with E-state index in [1.54, 1.807) is 11.1 Å². The van der Waals surface area contributed by atoms with Gasteiger partial charge in [0.15, 0.2) is 0 Å². The average Bonchev–Trinajstić information content (AvgIpc) is 3.89. The van der Waals surface area contributed by atoms with Gasteiger partial charge in [-0.1, -0.05) is 166 Å². The molecule has 0 radical (unpaired) electrons. The van der Waals surface area contributed by atoms with E-state index < -0.39 is 0 Å². The van der Waals surface area contributed by atoms with Crippen LogP contribution < -0.4 is 20.6 Å². The lowest BCUT2D eigenvalue weighted by Gasteiger charge is -2.41. The normalized spacial score (nSPS) is 16.5. The number of aromatic nitrogens is 1. The van der Waals surface area contributed by atoms with Gasteiger partial charge in [-0.25, -0.2) is 0 Å². The average molecular weight is 911 g/mol. The number of hydrogen-bond acceptors (Lipinski definition) is 2. The van der Waals surface area contributed by atoms with Crippen LogP contribution in [-0.4, -0.2) is 11.3 Å². The summed E-state index contributed by atoms with van der Waals surface area (Å²) >= 11 is 2.04. The van der Waals surface area contributed by atoms with Gasteiger partial charge >= 0.3 is 0 Å². The monoisotopic (exact) mass is 911 g/mol. The highest BCUT2D eigenvalue weighted by Gasteiger charge is 2.48. The van der Waals surface area contributed by atoms with Gasteiger partial charge in [-0.3, -0.25) is 0 Å². The number of benzene rings is 6. The molecule has 0 atom stereocenters. The zero-order chi connectivity index (χ0) is 48.0. The minimum absolute atomic E-state index is 0.0104. The Morgan fingerprint density at radius 1 is 0.485 bits per heavy atom. The van der Waals surface area contributed by atoms with E-state index in [-0.39, 0.29) is 39.2 Å². The van der Waals surface area contributed by atoms with Gasteiger partial charge in [0.1, 0.15) is 0 Å². The molecule has 1 spiro atoms. The van der Waals surface area contributed by atoms with Gasteiger partial charge in [0.05, 0.1) is 11.2 Å². The second kappa shape index (κ2) is 14.1. The van der Waals surface area contributed by atoms with Gasteiger partial charge in [0.2, 0.25) is 0 Å².